The topological polar surface area (TPSA) is 154 Å². The molecule has 0 amide bonds. The summed E-state index contributed by atoms with van der Waals surface area (Å²) in [7, 11) is 0. The summed E-state index contributed by atoms with van der Waals surface area (Å²) in [5.41, 5.74) is 18.3. The van der Waals surface area contributed by atoms with Crippen LogP contribution < -0.4 is 22.3 Å². The number of nitrogens with zero attached hydrogens (tertiary/aromatic N) is 3. The zero-order valence-electron chi connectivity index (χ0n) is 14.2. The van der Waals surface area contributed by atoms with E-state index in [0.29, 0.717) is 22.8 Å². The van der Waals surface area contributed by atoms with Crippen LogP contribution in [0.25, 0.3) is 0 Å². The van der Waals surface area contributed by atoms with Gasteiger partial charge in [0.15, 0.2) is 10.2 Å². The zero-order chi connectivity index (χ0) is 18.7. The SMILES string of the molecule is CC(=NNC(N)=S)c1cccc(C(C)=NNC(N)=S)n1.CC(=O)[OH2+].[Zn+2]. The van der Waals surface area contributed by atoms with E-state index in [-0.39, 0.29) is 29.7 Å². The van der Waals surface area contributed by atoms with Gasteiger partial charge in [0.2, 0.25) is 0 Å². The Labute approximate surface area is 169 Å². The molecule has 130 valence electrons. The quantitative estimate of drug-likeness (QED) is 0.161. The fourth-order valence-electron chi connectivity index (χ4n) is 1.23. The third kappa shape index (κ3) is 13.0. The van der Waals surface area contributed by atoms with Crippen LogP contribution in [0.4, 0.5) is 0 Å². The number of thiocarbonyl (C=S) groups is 2. The number of hydrogen-bond donors (Lipinski definition) is 4. The molecule has 1 aromatic rings. The van der Waals surface area contributed by atoms with E-state index in [1.54, 1.807) is 13.8 Å². The summed E-state index contributed by atoms with van der Waals surface area (Å²) in [5, 5.41) is 14.2. The van der Waals surface area contributed by atoms with Crippen molar-refractivity contribution >= 4 is 52.1 Å². The molecule has 0 aromatic carbocycles. The summed E-state index contributed by atoms with van der Waals surface area (Å²) in [6.07, 6.45) is 0. The largest absolute Gasteiger partial charge is 2.00 e. The molecule has 0 atom stereocenters. The predicted octanol–water partition coefficient (Wildman–Crippen LogP) is -0.549. The molecule has 0 saturated carbocycles. The van der Waals surface area contributed by atoms with Crippen LogP contribution in [0.5, 0.6) is 0 Å². The minimum absolute atomic E-state index is 0. The van der Waals surface area contributed by atoms with Crippen LogP contribution in [0.1, 0.15) is 32.2 Å². The van der Waals surface area contributed by atoms with Crippen LogP contribution in [0, 0.1) is 0 Å². The van der Waals surface area contributed by atoms with Crippen LogP contribution in [0.2, 0.25) is 0 Å². The van der Waals surface area contributed by atoms with Crippen molar-refractivity contribution in [3.63, 3.8) is 0 Å². The van der Waals surface area contributed by atoms with Gasteiger partial charge in [0, 0.05) is 4.79 Å². The molecule has 0 aliphatic rings. The molecular formula is C13H20N7O2S2Zn+3. The Morgan fingerprint density at radius 1 is 1.04 bits per heavy atom. The van der Waals surface area contributed by atoms with Gasteiger partial charge >= 0.3 is 25.4 Å². The van der Waals surface area contributed by atoms with Crippen molar-refractivity contribution in [2.24, 2.45) is 21.7 Å². The number of nitrogens with two attached hydrogens (primary N) is 2. The van der Waals surface area contributed by atoms with Gasteiger partial charge in [-0.3, -0.25) is 10.9 Å². The number of hydrogen-bond acceptors (Lipinski definition) is 6. The van der Waals surface area contributed by atoms with E-state index in [1.165, 1.54) is 6.92 Å². The Morgan fingerprint density at radius 2 is 1.36 bits per heavy atom. The van der Waals surface area contributed by atoms with Gasteiger partial charge in [-0.2, -0.15) is 10.2 Å². The molecule has 0 bridgehead atoms. The number of aromatic nitrogens is 1. The predicted molar refractivity (Wildman–Crippen MR) is 103 cm³/mol. The minimum Gasteiger partial charge on any atom is -0.565 e. The molecule has 0 aliphatic heterocycles. The number of carbonyl (C=O) groups excluding carboxylic acids is 1. The van der Waals surface area contributed by atoms with Crippen LogP contribution >= 0.6 is 24.4 Å². The molecule has 0 saturated heterocycles. The molecule has 0 radical (unpaired) electrons. The van der Waals surface area contributed by atoms with Crippen LogP contribution in [-0.4, -0.2) is 37.7 Å². The van der Waals surface area contributed by atoms with Gasteiger partial charge in [-0.05, 0) is 50.4 Å². The van der Waals surface area contributed by atoms with Gasteiger partial charge in [-0.1, -0.05) is 6.07 Å². The smallest absolute Gasteiger partial charge is 0.565 e. The maximum absolute atomic E-state index is 9.11. The third-order valence-electron chi connectivity index (χ3n) is 2.16. The molecule has 0 aliphatic carbocycles. The van der Waals surface area contributed by atoms with Crippen molar-refractivity contribution < 1.29 is 29.4 Å². The molecule has 0 fully saturated rings. The second-order valence-electron chi connectivity index (χ2n) is 4.31. The maximum atomic E-state index is 9.11. The zero-order valence-corrected chi connectivity index (χ0v) is 18.8. The number of pyridine rings is 1. The summed E-state index contributed by atoms with van der Waals surface area (Å²) in [6.45, 7) is 4.77. The first-order valence-electron chi connectivity index (χ1n) is 6.53. The second-order valence-corrected chi connectivity index (χ2v) is 5.19. The summed E-state index contributed by atoms with van der Waals surface area (Å²) in [6, 6.07) is 5.48. The van der Waals surface area contributed by atoms with Gasteiger partial charge in [0.05, 0.1) is 29.7 Å². The van der Waals surface area contributed by atoms with Crippen molar-refractivity contribution in [3.8, 4) is 0 Å². The average molecular weight is 436 g/mol. The van der Waals surface area contributed by atoms with Crippen LogP contribution in [-0.2, 0) is 24.3 Å². The van der Waals surface area contributed by atoms with E-state index in [2.05, 4.69) is 50.5 Å². The molecule has 1 rings (SSSR count). The van der Waals surface area contributed by atoms with Crippen LogP contribution in [0.3, 0.4) is 0 Å². The average Bonchev–Trinajstić information content (AvgIpc) is 2.49. The molecule has 25 heavy (non-hydrogen) atoms. The summed E-state index contributed by atoms with van der Waals surface area (Å²) in [4.78, 5) is 13.5. The Kier molecular flexibility index (Phi) is 13.4. The summed E-state index contributed by atoms with van der Waals surface area (Å²) >= 11 is 9.36. The Hall–Kier alpha value is -2.04. The van der Waals surface area contributed by atoms with Gasteiger partial charge in [0.25, 0.3) is 0 Å². The van der Waals surface area contributed by atoms with E-state index in [1.807, 2.05) is 18.2 Å². The molecule has 8 N–H and O–H groups in total. The van der Waals surface area contributed by atoms with Crippen molar-refractivity contribution in [1.82, 2.24) is 15.8 Å². The number of nitrogens with one attached hydrogen (secondary N) is 2. The van der Waals surface area contributed by atoms with Gasteiger partial charge in [-0.15, -0.1) is 0 Å². The van der Waals surface area contributed by atoms with Crippen molar-refractivity contribution in [1.29, 1.82) is 0 Å². The molecule has 0 spiro atoms. The number of hydrazone groups is 2. The van der Waals surface area contributed by atoms with E-state index >= 15 is 0 Å². The summed E-state index contributed by atoms with van der Waals surface area (Å²) in [5.74, 6) is -0.583. The molecule has 12 heteroatoms. The molecule has 9 nitrogen and oxygen atoms in total. The fourth-order valence-corrected chi connectivity index (χ4v) is 1.32. The number of rotatable bonds is 4. The Morgan fingerprint density at radius 3 is 1.64 bits per heavy atom. The molecule has 1 aromatic heterocycles. The van der Waals surface area contributed by atoms with Gasteiger partial charge in [-0.25, -0.2) is 4.98 Å². The van der Waals surface area contributed by atoms with Gasteiger partial charge in [0.1, 0.15) is 0 Å². The van der Waals surface area contributed by atoms with E-state index in [0.717, 1.165) is 0 Å². The molecule has 1 heterocycles. The first-order chi connectivity index (χ1) is 11.1. The fraction of sp³-hybridized carbons (Fsp3) is 0.231. The van der Waals surface area contributed by atoms with Crippen molar-refractivity contribution in [3.05, 3.63) is 29.6 Å². The van der Waals surface area contributed by atoms with Crippen molar-refractivity contribution in [2.45, 2.75) is 20.8 Å². The maximum Gasteiger partial charge on any atom is 2.00 e. The monoisotopic (exact) mass is 434 g/mol. The van der Waals surface area contributed by atoms with E-state index < -0.39 is 5.97 Å². The third-order valence-corrected chi connectivity index (χ3v) is 2.34. The first kappa shape index (κ1) is 25.2. The normalized spacial score (nSPS) is 10.5. The van der Waals surface area contributed by atoms with E-state index in [9.17, 15) is 0 Å². The van der Waals surface area contributed by atoms with Gasteiger partial charge < -0.3 is 16.6 Å². The Balaban J connectivity index is 0. The second kappa shape index (κ2) is 13.3. The van der Waals surface area contributed by atoms with Crippen molar-refractivity contribution in [2.75, 3.05) is 0 Å². The van der Waals surface area contributed by atoms with Crippen LogP contribution in [0.15, 0.2) is 28.4 Å². The molecule has 0 unspecified atom stereocenters. The van der Waals surface area contributed by atoms with E-state index in [4.69, 9.17) is 21.4 Å². The minimum atomic E-state index is -0.583. The Bertz CT molecular complexity index is 629. The first-order valence-corrected chi connectivity index (χ1v) is 7.34. The number of carbonyl (C=O) groups is 1. The molecular weight excluding hydrogens is 416 g/mol. The standard InChI is InChI=1S/C11H15N7S2.C2H4O2.Zn/c1-6(15-17-10(12)19)8-4-3-5-9(14-8)7(2)16-18-11(13)20;1-2(3)4;/h3-5H,1-2H3,(H3,12,17,19)(H3,13,18,20);1H3,(H,3,4);/q;;+2/p+1. The summed E-state index contributed by atoms with van der Waals surface area (Å²) < 4.78 is 0.